The molecule has 3 aliphatic rings. The van der Waals surface area contributed by atoms with Crippen LogP contribution < -0.4 is 25.8 Å². The molecule has 3 aliphatic heterocycles. The number of nitrogens with one attached hydrogen (secondary N) is 2. The van der Waals surface area contributed by atoms with Crippen molar-refractivity contribution in [3.8, 4) is 11.4 Å². The third-order valence-corrected chi connectivity index (χ3v) is 12.1. The fraction of sp³-hybridized carbons (Fsp3) is 0.326. The molecule has 3 aromatic heterocycles. The zero-order valence-corrected chi connectivity index (χ0v) is 34.7. The van der Waals surface area contributed by atoms with Crippen molar-refractivity contribution in [2.24, 2.45) is 0 Å². The van der Waals surface area contributed by atoms with Gasteiger partial charge in [0.05, 0.1) is 40.7 Å². The van der Waals surface area contributed by atoms with Crippen molar-refractivity contribution in [3.63, 3.8) is 0 Å². The lowest BCUT2D eigenvalue weighted by Gasteiger charge is -2.37. The van der Waals surface area contributed by atoms with Gasteiger partial charge in [-0.05, 0) is 73.7 Å². The van der Waals surface area contributed by atoms with E-state index in [9.17, 15) is 19.2 Å². The van der Waals surface area contributed by atoms with Crippen LogP contribution in [0.25, 0.3) is 22.5 Å². The van der Waals surface area contributed by atoms with Gasteiger partial charge in [-0.25, -0.2) is 19.3 Å². The zero-order chi connectivity index (χ0) is 42.2. The Morgan fingerprint density at radius 2 is 1.62 bits per heavy atom. The van der Waals surface area contributed by atoms with Gasteiger partial charge in [0.15, 0.2) is 5.65 Å². The average Bonchev–Trinajstić information content (AvgIpc) is 3.76. The van der Waals surface area contributed by atoms with Gasteiger partial charge >= 0.3 is 6.03 Å². The smallest absolute Gasteiger partial charge is 0.328 e. The number of anilines is 3. The van der Waals surface area contributed by atoms with E-state index in [1.807, 2.05) is 17.0 Å². The van der Waals surface area contributed by atoms with Gasteiger partial charge in [0.1, 0.15) is 11.1 Å². The predicted octanol–water partition coefficient (Wildman–Crippen LogP) is 6.22. The minimum Gasteiger partial charge on any atom is -0.495 e. The molecule has 6 heterocycles. The second kappa shape index (κ2) is 17.1. The number of hydrogen-bond acceptors (Lipinski definition) is 11. The van der Waals surface area contributed by atoms with Crippen LogP contribution in [0.1, 0.15) is 48.0 Å². The van der Waals surface area contributed by atoms with Gasteiger partial charge in [0.25, 0.3) is 11.5 Å². The van der Waals surface area contributed by atoms with E-state index in [1.165, 1.54) is 28.3 Å². The minimum absolute atomic E-state index is 0.0883. The number of para-hydroxylation sites is 1. The molecule has 0 spiro atoms. The molecule has 6 aromatic rings. The van der Waals surface area contributed by atoms with E-state index in [4.69, 9.17) is 32.7 Å². The summed E-state index contributed by atoms with van der Waals surface area (Å²) in [7, 11) is 1.51. The molecule has 314 valence electrons. The SMILES string of the molecule is COc1ccc(C(=O)N2CCC(OC3CCN(Cc4ccc(Nc5ncc6c(=O)n(-c7c(Cl)cccc7Cl)c7nccn7c6n5)cc4)CC3)CC2)cc1N1CCC(=O)NC1=O. The molecule has 16 nitrogen and oxygen atoms in total. The molecular weight excluding hydrogens is 823 g/mol. The number of urea groups is 1. The summed E-state index contributed by atoms with van der Waals surface area (Å²) in [5.74, 6) is 0.669. The Morgan fingerprint density at radius 3 is 2.33 bits per heavy atom. The summed E-state index contributed by atoms with van der Waals surface area (Å²) in [6, 6.07) is 17.7. The number of imide groups is 1. The van der Waals surface area contributed by atoms with Crippen LogP contribution in [0.3, 0.4) is 0 Å². The Bertz CT molecular complexity index is 2690. The Balaban J connectivity index is 0.759. The summed E-state index contributed by atoms with van der Waals surface area (Å²) in [5, 5.41) is 6.50. The van der Waals surface area contributed by atoms with Crippen LogP contribution in [0.5, 0.6) is 5.75 Å². The minimum atomic E-state index is -0.531. The number of likely N-dealkylation sites (tertiary alicyclic amines) is 2. The van der Waals surface area contributed by atoms with Gasteiger partial charge < -0.3 is 19.7 Å². The van der Waals surface area contributed by atoms with E-state index in [-0.39, 0.29) is 47.9 Å². The number of fused-ring (bicyclic) bond motifs is 3. The molecule has 0 aliphatic carbocycles. The normalized spacial score (nSPS) is 17.0. The Kier molecular flexibility index (Phi) is 11.3. The number of ether oxygens (including phenoxy) is 2. The lowest BCUT2D eigenvalue weighted by molar-refractivity contribution is -0.120. The van der Waals surface area contributed by atoms with Gasteiger partial charge in [0.2, 0.25) is 17.6 Å². The van der Waals surface area contributed by atoms with Gasteiger partial charge in [-0.1, -0.05) is 41.4 Å². The number of aromatic nitrogens is 5. The van der Waals surface area contributed by atoms with Gasteiger partial charge in [-0.2, -0.15) is 4.98 Å². The van der Waals surface area contributed by atoms with E-state index in [1.54, 1.807) is 53.2 Å². The van der Waals surface area contributed by atoms with Gasteiger partial charge in [-0.15, -0.1) is 0 Å². The number of amides is 4. The summed E-state index contributed by atoms with van der Waals surface area (Å²) in [6.45, 7) is 4.02. The van der Waals surface area contributed by atoms with Crippen molar-refractivity contribution in [2.75, 3.05) is 50.1 Å². The number of halogens is 2. The Labute approximate surface area is 360 Å². The highest BCUT2D eigenvalue weighted by Crippen LogP contribution is 2.33. The monoisotopic (exact) mass is 864 g/mol. The molecule has 0 atom stereocenters. The van der Waals surface area contributed by atoms with E-state index in [0.717, 1.165) is 51.0 Å². The zero-order valence-electron chi connectivity index (χ0n) is 33.2. The van der Waals surface area contributed by atoms with Crippen molar-refractivity contribution in [3.05, 3.63) is 111 Å². The molecular formula is C43H42Cl2N10O6. The van der Waals surface area contributed by atoms with Crippen molar-refractivity contribution in [1.29, 1.82) is 0 Å². The molecule has 9 rings (SSSR count). The van der Waals surface area contributed by atoms with E-state index in [0.29, 0.717) is 63.2 Å². The summed E-state index contributed by atoms with van der Waals surface area (Å²) in [6.07, 6.45) is 8.60. The van der Waals surface area contributed by atoms with Crippen molar-refractivity contribution in [2.45, 2.75) is 50.9 Å². The second-order valence-corrected chi connectivity index (χ2v) is 16.1. The van der Waals surface area contributed by atoms with E-state index >= 15 is 0 Å². The number of piperidine rings is 2. The highest BCUT2D eigenvalue weighted by Gasteiger charge is 2.31. The number of methoxy groups -OCH3 is 1. The number of carbonyl (C=O) groups excluding carboxylic acids is 3. The summed E-state index contributed by atoms with van der Waals surface area (Å²) >= 11 is 12.9. The van der Waals surface area contributed by atoms with Gasteiger partial charge in [0, 0.05) is 75.5 Å². The van der Waals surface area contributed by atoms with E-state index < -0.39 is 6.03 Å². The van der Waals surface area contributed by atoms with Crippen molar-refractivity contribution < 1.29 is 23.9 Å². The fourth-order valence-electron chi connectivity index (χ4n) is 8.27. The first-order chi connectivity index (χ1) is 29.6. The second-order valence-electron chi connectivity index (χ2n) is 15.3. The highest BCUT2D eigenvalue weighted by molar-refractivity contribution is 6.37. The van der Waals surface area contributed by atoms with Crippen LogP contribution in [0, 0.1) is 0 Å². The maximum absolute atomic E-state index is 13.7. The molecule has 2 N–H and O–H groups in total. The number of imidazole rings is 1. The third kappa shape index (κ3) is 8.23. The molecule has 18 heteroatoms. The molecule has 3 aromatic carbocycles. The number of carbonyl (C=O) groups is 3. The summed E-state index contributed by atoms with van der Waals surface area (Å²) in [5.41, 5.74) is 3.25. The molecule has 0 bridgehead atoms. The molecule has 0 saturated carbocycles. The largest absolute Gasteiger partial charge is 0.495 e. The van der Waals surface area contributed by atoms with E-state index in [2.05, 4.69) is 42.6 Å². The van der Waals surface area contributed by atoms with Crippen LogP contribution in [-0.4, -0.2) is 104 Å². The highest BCUT2D eigenvalue weighted by atomic mass is 35.5. The topological polar surface area (TPSA) is 169 Å². The fourth-order valence-corrected chi connectivity index (χ4v) is 8.84. The van der Waals surface area contributed by atoms with Crippen LogP contribution in [-0.2, 0) is 16.1 Å². The quantitative estimate of drug-likeness (QED) is 0.161. The molecule has 4 amide bonds. The molecule has 61 heavy (non-hydrogen) atoms. The first-order valence-corrected chi connectivity index (χ1v) is 20.9. The van der Waals surface area contributed by atoms with Crippen molar-refractivity contribution in [1.82, 2.24) is 39.0 Å². The number of nitrogens with zero attached hydrogens (tertiary/aromatic N) is 8. The number of benzene rings is 3. The standard InChI is InChI=1S/C43H42Cl2N10O6/c1-60-35-10-7-27(23-34(35)53-21-15-36(56)49-43(53)59)39(57)52-19-13-30(14-20-52)61-29-11-17-51(18-12-29)25-26-5-8-28(9-6-26)48-41-47-24-31-38(50-41)54-22-16-46-42(54)55(40(31)58)37-32(44)3-2-4-33(37)45/h2-10,16,22-24,29-30H,11-15,17-21,25H2,1H3,(H,47,48,50)(H,49,56,59). The molecule has 3 saturated heterocycles. The van der Waals surface area contributed by atoms with Crippen LogP contribution in [0.2, 0.25) is 10.0 Å². The number of rotatable bonds is 10. The lowest BCUT2D eigenvalue weighted by atomic mass is 10.0. The Morgan fingerprint density at radius 1 is 0.902 bits per heavy atom. The van der Waals surface area contributed by atoms with Crippen LogP contribution >= 0.6 is 23.2 Å². The third-order valence-electron chi connectivity index (χ3n) is 11.4. The molecule has 0 unspecified atom stereocenters. The van der Waals surface area contributed by atoms with Crippen LogP contribution in [0.4, 0.5) is 22.1 Å². The molecule has 3 fully saturated rings. The maximum Gasteiger partial charge on any atom is 0.328 e. The predicted molar refractivity (Wildman–Crippen MR) is 230 cm³/mol. The maximum atomic E-state index is 13.7. The number of hydrogen-bond donors (Lipinski definition) is 2. The summed E-state index contributed by atoms with van der Waals surface area (Å²) in [4.78, 5) is 70.7. The lowest BCUT2D eigenvalue weighted by Crippen LogP contribution is -2.49. The summed E-state index contributed by atoms with van der Waals surface area (Å²) < 4.78 is 15.1. The molecule has 0 radical (unpaired) electrons. The Hall–Kier alpha value is -6.07. The average molecular weight is 866 g/mol. The van der Waals surface area contributed by atoms with Crippen LogP contribution in [0.15, 0.2) is 84.0 Å². The first kappa shape index (κ1) is 40.3. The van der Waals surface area contributed by atoms with Crippen molar-refractivity contribution >= 4 is 75.2 Å². The van der Waals surface area contributed by atoms with Gasteiger partial charge in [-0.3, -0.25) is 33.9 Å². The first-order valence-electron chi connectivity index (χ1n) is 20.1.